The minimum absolute atomic E-state index is 0.0342. The third-order valence-electron chi connectivity index (χ3n) is 4.62. The van der Waals surface area contributed by atoms with Crippen LogP contribution in [0.25, 0.3) is 0 Å². The van der Waals surface area contributed by atoms with Crippen LogP contribution in [-0.4, -0.2) is 44.7 Å². The Hall–Kier alpha value is -2.22. The summed E-state index contributed by atoms with van der Waals surface area (Å²) in [6.07, 6.45) is -1.07. The van der Waals surface area contributed by atoms with Crippen molar-refractivity contribution < 1.29 is 22.7 Å². The Balaban J connectivity index is 2.22. The summed E-state index contributed by atoms with van der Waals surface area (Å²) in [4.78, 5) is 25.1. The highest BCUT2D eigenvalue weighted by molar-refractivity contribution is 7.89. The first-order valence-corrected chi connectivity index (χ1v) is 11.1. The van der Waals surface area contributed by atoms with Crippen LogP contribution in [0.4, 0.5) is 0 Å². The fraction of sp³-hybridized carbons (Fsp3) is 0.364. The van der Waals surface area contributed by atoms with Crippen LogP contribution >= 0.6 is 11.6 Å². The van der Waals surface area contributed by atoms with Crippen LogP contribution in [0.15, 0.2) is 47.4 Å². The maximum atomic E-state index is 12.7. The number of nitrogens with zero attached hydrogens (tertiary/aromatic N) is 1. The molecule has 2 aromatic carbocycles. The van der Waals surface area contributed by atoms with Crippen LogP contribution in [0.5, 0.6) is 0 Å². The molecular formula is C22H26ClNO5S. The summed E-state index contributed by atoms with van der Waals surface area (Å²) < 4.78 is 30.9. The van der Waals surface area contributed by atoms with Gasteiger partial charge < -0.3 is 4.74 Å². The van der Waals surface area contributed by atoms with Crippen LogP contribution in [0.3, 0.4) is 0 Å². The Morgan fingerprint density at radius 1 is 1.03 bits per heavy atom. The average Bonchev–Trinajstić information content (AvgIpc) is 2.66. The fourth-order valence-electron chi connectivity index (χ4n) is 2.68. The minimum Gasteiger partial charge on any atom is -0.451 e. The Kier molecular flexibility index (Phi) is 7.12. The first-order valence-electron chi connectivity index (χ1n) is 9.33. The number of Topliss-reactive ketones (excluding diaryl/α,β-unsaturated/α-hetero) is 1. The number of rotatable bonds is 6. The number of sulfonamides is 1. The topological polar surface area (TPSA) is 80.8 Å². The van der Waals surface area contributed by atoms with Crippen molar-refractivity contribution in [3.8, 4) is 0 Å². The van der Waals surface area contributed by atoms with Gasteiger partial charge in [-0.15, -0.1) is 0 Å². The first-order chi connectivity index (χ1) is 13.7. The van der Waals surface area contributed by atoms with Gasteiger partial charge in [-0.05, 0) is 36.1 Å². The second kappa shape index (κ2) is 8.88. The van der Waals surface area contributed by atoms with E-state index in [4.69, 9.17) is 16.3 Å². The molecule has 0 heterocycles. The lowest BCUT2D eigenvalue weighted by atomic mass is 9.86. The van der Waals surface area contributed by atoms with Gasteiger partial charge in [0.05, 0.1) is 15.5 Å². The molecule has 0 unspecified atom stereocenters. The molecule has 162 valence electrons. The molecule has 2 rings (SSSR count). The highest BCUT2D eigenvalue weighted by atomic mass is 35.5. The second-order valence-corrected chi connectivity index (χ2v) is 10.7. The van der Waals surface area contributed by atoms with E-state index < -0.39 is 22.1 Å². The van der Waals surface area contributed by atoms with Gasteiger partial charge in [-0.1, -0.05) is 56.6 Å². The number of halogens is 1. The van der Waals surface area contributed by atoms with E-state index in [0.717, 1.165) is 15.9 Å². The van der Waals surface area contributed by atoms with E-state index >= 15 is 0 Å². The zero-order valence-electron chi connectivity index (χ0n) is 17.9. The molecule has 0 aliphatic rings. The third-order valence-corrected chi connectivity index (χ3v) is 6.77. The zero-order valence-corrected chi connectivity index (χ0v) is 19.5. The number of benzene rings is 2. The maximum absolute atomic E-state index is 12.7. The third kappa shape index (κ3) is 5.28. The number of hydrogen-bond acceptors (Lipinski definition) is 5. The van der Waals surface area contributed by atoms with Crippen molar-refractivity contribution in [2.45, 2.75) is 44.1 Å². The Bertz CT molecular complexity index is 1050. The summed E-state index contributed by atoms with van der Waals surface area (Å²) in [6, 6.07) is 10.9. The molecule has 0 spiro atoms. The molecule has 2 aromatic rings. The molecule has 0 saturated carbocycles. The summed E-state index contributed by atoms with van der Waals surface area (Å²) in [7, 11) is -0.989. The van der Waals surface area contributed by atoms with E-state index in [1.165, 1.54) is 33.2 Å². The average molecular weight is 452 g/mol. The van der Waals surface area contributed by atoms with Gasteiger partial charge in [0, 0.05) is 19.7 Å². The van der Waals surface area contributed by atoms with Gasteiger partial charge in [-0.25, -0.2) is 17.5 Å². The molecular weight excluding hydrogens is 426 g/mol. The van der Waals surface area contributed by atoms with Crippen LogP contribution in [0.1, 0.15) is 54.0 Å². The SMILES string of the molecule is C[C@H](OC(=O)c1cc(S(=O)(=O)N(C)C)ccc1Cl)C(=O)c1ccc(C(C)(C)C)cc1. The van der Waals surface area contributed by atoms with Crippen molar-refractivity contribution in [1.29, 1.82) is 0 Å². The lowest BCUT2D eigenvalue weighted by Crippen LogP contribution is -2.25. The molecule has 0 aromatic heterocycles. The molecule has 0 aliphatic carbocycles. The van der Waals surface area contributed by atoms with Crippen LogP contribution in [-0.2, 0) is 20.2 Å². The molecule has 8 heteroatoms. The van der Waals surface area contributed by atoms with Crippen LogP contribution < -0.4 is 0 Å². The largest absolute Gasteiger partial charge is 0.451 e. The van der Waals surface area contributed by atoms with Gasteiger partial charge in [-0.3, -0.25) is 4.79 Å². The van der Waals surface area contributed by atoms with Crippen molar-refractivity contribution in [1.82, 2.24) is 4.31 Å². The maximum Gasteiger partial charge on any atom is 0.340 e. The van der Waals surface area contributed by atoms with Crippen molar-refractivity contribution in [3.63, 3.8) is 0 Å². The molecule has 0 saturated heterocycles. The van der Waals surface area contributed by atoms with Crippen molar-refractivity contribution in [3.05, 3.63) is 64.2 Å². The van der Waals surface area contributed by atoms with Gasteiger partial charge in [0.1, 0.15) is 0 Å². The van der Waals surface area contributed by atoms with Gasteiger partial charge in [-0.2, -0.15) is 0 Å². The highest BCUT2D eigenvalue weighted by Crippen LogP contribution is 2.25. The molecule has 0 N–H and O–H groups in total. The zero-order chi connectivity index (χ0) is 22.9. The quantitative estimate of drug-likeness (QED) is 0.482. The minimum atomic E-state index is -3.75. The molecule has 0 bridgehead atoms. The summed E-state index contributed by atoms with van der Waals surface area (Å²) in [6.45, 7) is 7.68. The summed E-state index contributed by atoms with van der Waals surface area (Å²) in [5.41, 5.74) is 1.32. The summed E-state index contributed by atoms with van der Waals surface area (Å²) in [5, 5.41) is 0.0342. The van der Waals surface area contributed by atoms with E-state index in [0.29, 0.717) is 5.56 Å². The molecule has 30 heavy (non-hydrogen) atoms. The monoisotopic (exact) mass is 451 g/mol. The standard InChI is InChI=1S/C22H26ClNO5S/c1-14(20(25)15-7-9-16(10-8-15)22(2,3)4)29-21(26)18-13-17(11-12-19(18)23)30(27,28)24(5)6/h7-14H,1-6H3/t14-/m0/s1. The van der Waals surface area contributed by atoms with Gasteiger partial charge in [0.25, 0.3) is 0 Å². The number of carbonyl (C=O) groups excluding carboxylic acids is 2. The predicted octanol–water partition coefficient (Wildman–Crippen LogP) is 4.32. The van der Waals surface area contributed by atoms with E-state index in [1.807, 2.05) is 12.1 Å². The van der Waals surface area contributed by atoms with E-state index in [2.05, 4.69) is 20.8 Å². The lowest BCUT2D eigenvalue weighted by Gasteiger charge is -2.19. The highest BCUT2D eigenvalue weighted by Gasteiger charge is 2.25. The molecule has 6 nitrogen and oxygen atoms in total. The summed E-state index contributed by atoms with van der Waals surface area (Å²) >= 11 is 6.07. The summed E-state index contributed by atoms with van der Waals surface area (Å²) in [5.74, 6) is -1.24. The van der Waals surface area contributed by atoms with E-state index in [1.54, 1.807) is 12.1 Å². The molecule has 0 fully saturated rings. The molecule has 0 amide bonds. The van der Waals surface area contributed by atoms with E-state index in [-0.39, 0.29) is 26.7 Å². The Morgan fingerprint density at radius 2 is 1.60 bits per heavy atom. The van der Waals surface area contributed by atoms with Crippen LogP contribution in [0.2, 0.25) is 5.02 Å². The first kappa shape index (κ1) is 24.1. The van der Waals surface area contributed by atoms with Gasteiger partial charge in [0.15, 0.2) is 6.10 Å². The lowest BCUT2D eigenvalue weighted by molar-refractivity contribution is 0.0318. The van der Waals surface area contributed by atoms with Crippen molar-refractivity contribution in [2.24, 2.45) is 0 Å². The Labute approximate surface area is 182 Å². The molecule has 0 radical (unpaired) electrons. The van der Waals surface area contributed by atoms with Crippen molar-refractivity contribution in [2.75, 3.05) is 14.1 Å². The van der Waals surface area contributed by atoms with Gasteiger partial charge in [0.2, 0.25) is 15.8 Å². The Morgan fingerprint density at radius 3 is 2.10 bits per heavy atom. The number of carbonyl (C=O) groups is 2. The van der Waals surface area contributed by atoms with E-state index in [9.17, 15) is 18.0 Å². The second-order valence-electron chi connectivity index (χ2n) is 8.17. The predicted molar refractivity (Wildman–Crippen MR) is 117 cm³/mol. The molecule has 0 aliphatic heterocycles. The number of ketones is 1. The normalized spacial score (nSPS) is 13.2. The number of esters is 1. The number of ether oxygens (including phenoxy) is 1. The van der Waals surface area contributed by atoms with Crippen molar-refractivity contribution >= 4 is 33.4 Å². The van der Waals surface area contributed by atoms with Crippen LogP contribution in [0, 0.1) is 0 Å². The molecule has 1 atom stereocenters. The number of hydrogen-bond donors (Lipinski definition) is 0. The smallest absolute Gasteiger partial charge is 0.340 e. The fourth-order valence-corrected chi connectivity index (χ4v) is 3.80. The van der Waals surface area contributed by atoms with Gasteiger partial charge >= 0.3 is 5.97 Å².